The van der Waals surface area contributed by atoms with Gasteiger partial charge in [-0.2, -0.15) is 0 Å². The second-order valence-electron chi connectivity index (χ2n) is 3.97. The Morgan fingerprint density at radius 2 is 2.00 bits per heavy atom. The average Bonchev–Trinajstić information content (AvgIpc) is 2.33. The lowest BCUT2D eigenvalue weighted by molar-refractivity contribution is 0.0685. The highest BCUT2D eigenvalue weighted by molar-refractivity contribution is 5.90. The van der Waals surface area contributed by atoms with Crippen LogP contribution in [0.3, 0.4) is 0 Å². The number of para-hydroxylation sites is 1. The predicted molar refractivity (Wildman–Crippen MR) is 69.1 cm³/mol. The average molecular weight is 250 g/mol. The van der Waals surface area contributed by atoms with Crippen molar-refractivity contribution in [3.8, 4) is 5.75 Å². The van der Waals surface area contributed by atoms with Crippen LogP contribution >= 0.6 is 0 Å². The molecule has 0 fully saturated rings. The van der Waals surface area contributed by atoms with E-state index in [1.54, 1.807) is 18.2 Å². The summed E-state index contributed by atoms with van der Waals surface area (Å²) in [5.74, 6) is -0.623. The molecular weight excluding hydrogens is 232 g/mol. The highest BCUT2D eigenvalue weighted by Crippen LogP contribution is 2.17. The SMILES string of the molecule is C=C(C)CCOCCOc1ccccc1C(=O)O. The quantitative estimate of drug-likeness (QED) is 0.569. The van der Waals surface area contributed by atoms with Gasteiger partial charge in [0.1, 0.15) is 17.9 Å². The summed E-state index contributed by atoms with van der Waals surface area (Å²) in [6.45, 7) is 7.10. The van der Waals surface area contributed by atoms with E-state index in [0.717, 1.165) is 12.0 Å². The highest BCUT2D eigenvalue weighted by Gasteiger charge is 2.09. The molecule has 0 aliphatic rings. The summed E-state index contributed by atoms with van der Waals surface area (Å²) in [6, 6.07) is 6.56. The minimum Gasteiger partial charge on any atom is -0.490 e. The smallest absolute Gasteiger partial charge is 0.339 e. The van der Waals surface area contributed by atoms with Crippen molar-refractivity contribution in [2.24, 2.45) is 0 Å². The number of aromatic carboxylic acids is 1. The molecule has 0 amide bonds. The second kappa shape index (κ2) is 7.50. The van der Waals surface area contributed by atoms with Crippen LogP contribution < -0.4 is 4.74 Å². The van der Waals surface area contributed by atoms with E-state index in [-0.39, 0.29) is 5.56 Å². The number of ether oxygens (including phenoxy) is 2. The topological polar surface area (TPSA) is 55.8 Å². The lowest BCUT2D eigenvalue weighted by Gasteiger charge is -2.09. The summed E-state index contributed by atoms with van der Waals surface area (Å²) in [6.07, 6.45) is 0.825. The molecule has 0 aliphatic carbocycles. The molecule has 0 spiro atoms. The molecule has 0 unspecified atom stereocenters. The van der Waals surface area contributed by atoms with Gasteiger partial charge in [0.05, 0.1) is 13.2 Å². The number of hydrogen-bond acceptors (Lipinski definition) is 3. The zero-order chi connectivity index (χ0) is 13.4. The van der Waals surface area contributed by atoms with Gasteiger partial charge in [-0.25, -0.2) is 4.79 Å². The molecule has 0 saturated carbocycles. The summed E-state index contributed by atoms with van der Waals surface area (Å²) in [4.78, 5) is 10.9. The van der Waals surface area contributed by atoms with E-state index in [0.29, 0.717) is 25.6 Å². The lowest BCUT2D eigenvalue weighted by Crippen LogP contribution is -2.10. The third-order valence-electron chi connectivity index (χ3n) is 2.28. The van der Waals surface area contributed by atoms with Crippen LogP contribution in [0.1, 0.15) is 23.7 Å². The van der Waals surface area contributed by atoms with Crippen molar-refractivity contribution in [3.05, 3.63) is 42.0 Å². The van der Waals surface area contributed by atoms with Gasteiger partial charge in [0.2, 0.25) is 0 Å². The molecule has 0 radical (unpaired) electrons. The van der Waals surface area contributed by atoms with Gasteiger partial charge in [0.15, 0.2) is 0 Å². The van der Waals surface area contributed by atoms with E-state index in [1.165, 1.54) is 6.07 Å². The van der Waals surface area contributed by atoms with Crippen molar-refractivity contribution < 1.29 is 19.4 Å². The van der Waals surface area contributed by atoms with Crippen LogP contribution in [0.4, 0.5) is 0 Å². The number of rotatable bonds is 8. The molecule has 0 aromatic heterocycles. The first-order chi connectivity index (χ1) is 8.61. The van der Waals surface area contributed by atoms with Crippen molar-refractivity contribution in [1.29, 1.82) is 0 Å². The zero-order valence-electron chi connectivity index (χ0n) is 10.5. The maximum absolute atomic E-state index is 10.9. The first-order valence-electron chi connectivity index (χ1n) is 5.78. The molecule has 1 rings (SSSR count). The largest absolute Gasteiger partial charge is 0.490 e. The minimum atomic E-state index is -0.992. The van der Waals surface area contributed by atoms with Gasteiger partial charge in [0.25, 0.3) is 0 Å². The predicted octanol–water partition coefficient (Wildman–Crippen LogP) is 2.75. The van der Waals surface area contributed by atoms with E-state index < -0.39 is 5.97 Å². The van der Waals surface area contributed by atoms with Gasteiger partial charge in [-0.3, -0.25) is 0 Å². The van der Waals surface area contributed by atoms with Crippen LogP contribution in [0.15, 0.2) is 36.4 Å². The monoisotopic (exact) mass is 250 g/mol. The lowest BCUT2D eigenvalue weighted by atomic mass is 10.2. The van der Waals surface area contributed by atoms with Crippen molar-refractivity contribution in [2.45, 2.75) is 13.3 Å². The number of carboxylic acid groups (broad SMARTS) is 1. The maximum Gasteiger partial charge on any atom is 0.339 e. The number of hydrogen-bond donors (Lipinski definition) is 1. The Labute approximate surface area is 107 Å². The van der Waals surface area contributed by atoms with Crippen molar-refractivity contribution in [2.75, 3.05) is 19.8 Å². The Hall–Kier alpha value is -1.81. The Morgan fingerprint density at radius 3 is 2.67 bits per heavy atom. The van der Waals surface area contributed by atoms with Crippen LogP contribution in [0.2, 0.25) is 0 Å². The molecule has 0 aliphatic heterocycles. The molecule has 0 atom stereocenters. The summed E-state index contributed by atoms with van der Waals surface area (Å²) >= 11 is 0. The number of carboxylic acids is 1. The van der Waals surface area contributed by atoms with Gasteiger partial charge in [0, 0.05) is 0 Å². The molecule has 1 aromatic carbocycles. The molecule has 1 N–H and O–H groups in total. The maximum atomic E-state index is 10.9. The molecular formula is C14H18O4. The third kappa shape index (κ3) is 5.01. The van der Waals surface area contributed by atoms with Gasteiger partial charge in [-0.1, -0.05) is 17.7 Å². The van der Waals surface area contributed by atoms with Crippen molar-refractivity contribution in [1.82, 2.24) is 0 Å². The number of benzene rings is 1. The van der Waals surface area contributed by atoms with Crippen molar-refractivity contribution in [3.63, 3.8) is 0 Å². The Kier molecular flexibility index (Phi) is 5.94. The third-order valence-corrected chi connectivity index (χ3v) is 2.28. The molecule has 4 nitrogen and oxygen atoms in total. The Bertz CT molecular complexity index is 412. The van der Waals surface area contributed by atoms with E-state index in [2.05, 4.69) is 6.58 Å². The second-order valence-corrected chi connectivity index (χ2v) is 3.97. The van der Waals surface area contributed by atoms with Crippen LogP contribution in [-0.4, -0.2) is 30.9 Å². The Morgan fingerprint density at radius 1 is 1.28 bits per heavy atom. The van der Waals surface area contributed by atoms with Gasteiger partial charge < -0.3 is 14.6 Å². The van der Waals surface area contributed by atoms with Gasteiger partial charge >= 0.3 is 5.97 Å². The van der Waals surface area contributed by atoms with E-state index in [4.69, 9.17) is 14.6 Å². The van der Waals surface area contributed by atoms with Crippen molar-refractivity contribution >= 4 is 5.97 Å². The molecule has 1 aromatic rings. The van der Waals surface area contributed by atoms with Crippen LogP contribution in [0, 0.1) is 0 Å². The molecule has 98 valence electrons. The molecule has 4 heteroatoms. The minimum absolute atomic E-state index is 0.166. The summed E-state index contributed by atoms with van der Waals surface area (Å²) in [5, 5.41) is 8.95. The molecule has 0 heterocycles. The summed E-state index contributed by atoms with van der Waals surface area (Å²) in [5.41, 5.74) is 1.24. The van der Waals surface area contributed by atoms with Crippen LogP contribution in [0.5, 0.6) is 5.75 Å². The zero-order valence-corrected chi connectivity index (χ0v) is 10.5. The van der Waals surface area contributed by atoms with E-state index in [9.17, 15) is 4.79 Å². The fourth-order valence-electron chi connectivity index (χ4n) is 1.33. The molecule has 18 heavy (non-hydrogen) atoms. The fraction of sp³-hybridized carbons (Fsp3) is 0.357. The molecule has 0 bridgehead atoms. The van der Waals surface area contributed by atoms with Crippen LogP contribution in [-0.2, 0) is 4.74 Å². The highest BCUT2D eigenvalue weighted by atomic mass is 16.5. The van der Waals surface area contributed by atoms with Gasteiger partial charge in [-0.15, -0.1) is 6.58 Å². The summed E-state index contributed by atoms with van der Waals surface area (Å²) in [7, 11) is 0. The first kappa shape index (κ1) is 14.3. The first-order valence-corrected chi connectivity index (χ1v) is 5.78. The van der Waals surface area contributed by atoms with E-state index in [1.807, 2.05) is 6.92 Å². The van der Waals surface area contributed by atoms with Gasteiger partial charge in [-0.05, 0) is 25.5 Å². The summed E-state index contributed by atoms with van der Waals surface area (Å²) < 4.78 is 10.7. The normalized spacial score (nSPS) is 10.1. The Balaban J connectivity index is 2.31. The fourth-order valence-corrected chi connectivity index (χ4v) is 1.33. The van der Waals surface area contributed by atoms with Crippen LogP contribution in [0.25, 0.3) is 0 Å². The van der Waals surface area contributed by atoms with E-state index >= 15 is 0 Å². The standard InChI is InChI=1S/C14H18O4/c1-11(2)7-8-17-9-10-18-13-6-4-3-5-12(13)14(15)16/h3-6H,1,7-10H2,2H3,(H,15,16). The number of carbonyl (C=O) groups is 1. The molecule has 0 saturated heterocycles.